The third-order valence-corrected chi connectivity index (χ3v) is 2.44. The highest BCUT2D eigenvalue weighted by Crippen LogP contribution is 2.18. The second-order valence-corrected chi connectivity index (χ2v) is 3.82. The Bertz CT molecular complexity index is 304. The van der Waals surface area contributed by atoms with Crippen LogP contribution in [-0.2, 0) is 14.4 Å². The molecule has 1 heterocycles. The Morgan fingerprint density at radius 3 is 2.69 bits per heavy atom. The van der Waals surface area contributed by atoms with E-state index < -0.39 is 0 Å². The number of rotatable bonds is 5. The molecule has 1 atom stereocenters. The van der Waals surface area contributed by atoms with Crippen molar-refractivity contribution >= 4 is 17.7 Å². The summed E-state index contributed by atoms with van der Waals surface area (Å²) in [6.45, 7) is 4.37. The Morgan fingerprint density at radius 1 is 1.50 bits per heavy atom. The van der Waals surface area contributed by atoms with E-state index in [4.69, 9.17) is 0 Å². The van der Waals surface area contributed by atoms with Crippen LogP contribution in [0.2, 0.25) is 0 Å². The summed E-state index contributed by atoms with van der Waals surface area (Å²) in [4.78, 5) is 35.3. The molecule has 0 saturated carbocycles. The normalized spacial score (nSPS) is 20.4. The first kappa shape index (κ1) is 12.6. The van der Waals surface area contributed by atoms with E-state index in [1.54, 1.807) is 6.92 Å². The summed E-state index contributed by atoms with van der Waals surface area (Å²) in [6.07, 6.45) is 0.394. The topological polar surface area (TPSA) is 78.5 Å². The second-order valence-electron chi connectivity index (χ2n) is 3.82. The predicted octanol–water partition coefficient (Wildman–Crippen LogP) is -0.588. The Labute approximate surface area is 94.3 Å². The van der Waals surface area contributed by atoms with Gasteiger partial charge in [0, 0.05) is 31.8 Å². The molecule has 3 amide bonds. The SMILES string of the molecule is CCNNC(=O)CCN1C(=O)CC(C)C1=O. The number of nitrogens with zero attached hydrogens (tertiary/aromatic N) is 1. The highest BCUT2D eigenvalue weighted by atomic mass is 16.2. The van der Waals surface area contributed by atoms with Crippen molar-refractivity contribution in [3.8, 4) is 0 Å². The van der Waals surface area contributed by atoms with Crippen LogP contribution in [0.15, 0.2) is 0 Å². The minimum absolute atomic E-state index is 0.136. The predicted molar refractivity (Wildman–Crippen MR) is 56.9 cm³/mol. The van der Waals surface area contributed by atoms with Gasteiger partial charge in [0.25, 0.3) is 0 Å². The number of amides is 3. The van der Waals surface area contributed by atoms with E-state index >= 15 is 0 Å². The Morgan fingerprint density at radius 2 is 2.19 bits per heavy atom. The number of imide groups is 1. The molecule has 1 rings (SSSR count). The van der Waals surface area contributed by atoms with Crippen LogP contribution in [-0.4, -0.2) is 35.7 Å². The van der Waals surface area contributed by atoms with Gasteiger partial charge in [-0.1, -0.05) is 13.8 Å². The number of likely N-dealkylation sites (tertiary alicyclic amines) is 1. The van der Waals surface area contributed by atoms with Crippen molar-refractivity contribution in [3.05, 3.63) is 0 Å². The first-order valence-electron chi connectivity index (χ1n) is 5.42. The molecule has 0 radical (unpaired) electrons. The average molecular weight is 227 g/mol. The standard InChI is InChI=1S/C10H17N3O3/c1-3-11-12-8(14)4-5-13-9(15)6-7(2)10(13)16/h7,11H,3-6H2,1-2H3,(H,12,14). The summed E-state index contributed by atoms with van der Waals surface area (Å²) in [6, 6.07) is 0. The first-order chi connectivity index (χ1) is 7.56. The molecule has 0 aromatic heterocycles. The fourth-order valence-electron chi connectivity index (χ4n) is 1.55. The molecule has 16 heavy (non-hydrogen) atoms. The molecular weight excluding hydrogens is 210 g/mol. The van der Waals surface area contributed by atoms with Crippen LogP contribution < -0.4 is 10.9 Å². The van der Waals surface area contributed by atoms with E-state index in [-0.39, 0.29) is 43.0 Å². The van der Waals surface area contributed by atoms with Crippen LogP contribution >= 0.6 is 0 Å². The van der Waals surface area contributed by atoms with Crippen LogP contribution in [0.3, 0.4) is 0 Å². The van der Waals surface area contributed by atoms with Crippen LogP contribution in [0.4, 0.5) is 0 Å². The van der Waals surface area contributed by atoms with Gasteiger partial charge in [0.15, 0.2) is 0 Å². The highest BCUT2D eigenvalue weighted by molar-refractivity contribution is 6.03. The van der Waals surface area contributed by atoms with E-state index in [9.17, 15) is 14.4 Å². The molecule has 0 aliphatic carbocycles. The Hall–Kier alpha value is -1.43. The summed E-state index contributed by atoms with van der Waals surface area (Å²) in [5, 5.41) is 0. The number of hydrogen-bond acceptors (Lipinski definition) is 4. The molecular formula is C10H17N3O3. The summed E-state index contributed by atoms with van der Waals surface area (Å²) < 4.78 is 0. The number of hydrazine groups is 1. The van der Waals surface area contributed by atoms with Gasteiger partial charge < -0.3 is 0 Å². The minimum atomic E-state index is -0.246. The van der Waals surface area contributed by atoms with E-state index in [1.807, 2.05) is 6.92 Å². The van der Waals surface area contributed by atoms with Gasteiger partial charge >= 0.3 is 0 Å². The average Bonchev–Trinajstić information content (AvgIpc) is 2.48. The molecule has 0 spiro atoms. The van der Waals surface area contributed by atoms with E-state index in [0.717, 1.165) is 4.90 Å². The molecule has 2 N–H and O–H groups in total. The number of carbonyl (C=O) groups is 3. The molecule has 90 valence electrons. The van der Waals surface area contributed by atoms with Crippen molar-refractivity contribution in [2.45, 2.75) is 26.7 Å². The van der Waals surface area contributed by atoms with Crippen LogP contribution in [0.1, 0.15) is 26.7 Å². The zero-order valence-corrected chi connectivity index (χ0v) is 9.58. The van der Waals surface area contributed by atoms with Crippen LogP contribution in [0.25, 0.3) is 0 Å². The van der Waals surface area contributed by atoms with Gasteiger partial charge in [-0.3, -0.25) is 24.7 Å². The van der Waals surface area contributed by atoms with Crippen molar-refractivity contribution in [2.75, 3.05) is 13.1 Å². The maximum absolute atomic E-state index is 11.5. The lowest BCUT2D eigenvalue weighted by atomic mass is 10.1. The number of nitrogens with one attached hydrogen (secondary N) is 2. The molecule has 0 aromatic carbocycles. The Balaban J connectivity index is 2.35. The number of hydrogen-bond donors (Lipinski definition) is 2. The lowest BCUT2D eigenvalue weighted by molar-refractivity contribution is -0.139. The van der Waals surface area contributed by atoms with E-state index in [1.165, 1.54) is 0 Å². The molecule has 1 unspecified atom stereocenters. The quantitative estimate of drug-likeness (QED) is 0.486. The summed E-state index contributed by atoms with van der Waals surface area (Å²) in [7, 11) is 0. The summed E-state index contributed by atoms with van der Waals surface area (Å²) in [5.41, 5.74) is 5.13. The van der Waals surface area contributed by atoms with Crippen molar-refractivity contribution in [1.82, 2.24) is 15.8 Å². The molecule has 1 aliphatic heterocycles. The largest absolute Gasteiger partial charge is 0.292 e. The molecule has 0 aromatic rings. The van der Waals surface area contributed by atoms with Crippen molar-refractivity contribution in [1.29, 1.82) is 0 Å². The lowest BCUT2D eigenvalue weighted by Crippen LogP contribution is -2.40. The fraction of sp³-hybridized carbons (Fsp3) is 0.700. The van der Waals surface area contributed by atoms with Gasteiger partial charge in [-0.15, -0.1) is 0 Å². The molecule has 6 heteroatoms. The smallest absolute Gasteiger partial charge is 0.235 e. The van der Waals surface area contributed by atoms with Gasteiger partial charge in [-0.2, -0.15) is 0 Å². The van der Waals surface area contributed by atoms with Crippen molar-refractivity contribution < 1.29 is 14.4 Å². The van der Waals surface area contributed by atoms with Gasteiger partial charge in [0.2, 0.25) is 17.7 Å². The summed E-state index contributed by atoms with van der Waals surface area (Å²) >= 11 is 0. The zero-order valence-electron chi connectivity index (χ0n) is 9.58. The van der Waals surface area contributed by atoms with E-state index in [0.29, 0.717) is 6.54 Å². The molecule has 1 aliphatic rings. The summed E-state index contributed by atoms with van der Waals surface area (Å²) in [5.74, 6) is -0.832. The van der Waals surface area contributed by atoms with Gasteiger partial charge in [0.05, 0.1) is 0 Å². The van der Waals surface area contributed by atoms with Gasteiger partial charge in [-0.05, 0) is 0 Å². The fourth-order valence-corrected chi connectivity index (χ4v) is 1.55. The lowest BCUT2D eigenvalue weighted by Gasteiger charge is -2.13. The second kappa shape index (κ2) is 5.60. The van der Waals surface area contributed by atoms with Gasteiger partial charge in [0.1, 0.15) is 0 Å². The highest BCUT2D eigenvalue weighted by Gasteiger charge is 2.35. The monoisotopic (exact) mass is 227 g/mol. The zero-order chi connectivity index (χ0) is 12.1. The van der Waals surface area contributed by atoms with E-state index in [2.05, 4.69) is 10.9 Å². The first-order valence-corrected chi connectivity index (χ1v) is 5.42. The van der Waals surface area contributed by atoms with Gasteiger partial charge in [-0.25, -0.2) is 5.43 Å². The maximum Gasteiger partial charge on any atom is 0.235 e. The maximum atomic E-state index is 11.5. The Kier molecular flexibility index (Phi) is 4.42. The molecule has 1 fully saturated rings. The number of carbonyl (C=O) groups excluding carboxylic acids is 3. The third-order valence-electron chi connectivity index (χ3n) is 2.44. The third kappa shape index (κ3) is 3.03. The molecule has 0 bridgehead atoms. The van der Waals surface area contributed by atoms with Crippen LogP contribution in [0.5, 0.6) is 0 Å². The van der Waals surface area contributed by atoms with Crippen molar-refractivity contribution in [3.63, 3.8) is 0 Å². The minimum Gasteiger partial charge on any atom is -0.292 e. The molecule has 6 nitrogen and oxygen atoms in total. The molecule has 1 saturated heterocycles. The van der Waals surface area contributed by atoms with Crippen molar-refractivity contribution in [2.24, 2.45) is 5.92 Å². The van der Waals surface area contributed by atoms with Crippen LogP contribution in [0, 0.1) is 5.92 Å².